The second-order valence-electron chi connectivity index (χ2n) is 7.68. The third-order valence-corrected chi connectivity index (χ3v) is 4.53. The van der Waals surface area contributed by atoms with Gasteiger partial charge in [-0.1, -0.05) is 71.9 Å². The van der Waals surface area contributed by atoms with Gasteiger partial charge >= 0.3 is 0 Å². The molecular formula is C23H31NO2. The number of benzene rings is 2. The van der Waals surface area contributed by atoms with Gasteiger partial charge in [0, 0.05) is 5.69 Å². The molecule has 3 nitrogen and oxygen atoms in total. The van der Waals surface area contributed by atoms with Gasteiger partial charge in [0.1, 0.15) is 5.75 Å². The number of ether oxygens (including phenoxy) is 1. The lowest BCUT2D eigenvalue weighted by molar-refractivity contribution is -0.118. The molecule has 0 bridgehead atoms. The van der Waals surface area contributed by atoms with Crippen LogP contribution in [0.2, 0.25) is 0 Å². The number of anilines is 1. The van der Waals surface area contributed by atoms with Crippen LogP contribution in [0.25, 0.3) is 0 Å². The molecule has 0 aromatic heterocycles. The lowest BCUT2D eigenvalue weighted by Crippen LogP contribution is -2.22. The number of hydrogen-bond donors (Lipinski definition) is 1. The van der Waals surface area contributed by atoms with Crippen molar-refractivity contribution in [2.75, 3.05) is 11.9 Å². The van der Waals surface area contributed by atoms with Gasteiger partial charge < -0.3 is 10.1 Å². The van der Waals surface area contributed by atoms with E-state index in [9.17, 15) is 4.79 Å². The Kier molecular flexibility index (Phi) is 6.84. The van der Waals surface area contributed by atoms with E-state index in [1.807, 2.05) is 18.2 Å². The van der Waals surface area contributed by atoms with Crippen LogP contribution < -0.4 is 10.1 Å². The molecular weight excluding hydrogens is 322 g/mol. The molecule has 0 saturated carbocycles. The Morgan fingerprint density at radius 2 is 1.46 bits per heavy atom. The van der Waals surface area contributed by atoms with E-state index in [4.69, 9.17) is 4.74 Å². The Morgan fingerprint density at radius 3 is 2.00 bits per heavy atom. The molecule has 1 amide bonds. The molecule has 0 aliphatic heterocycles. The van der Waals surface area contributed by atoms with E-state index in [-0.39, 0.29) is 12.5 Å². The Morgan fingerprint density at radius 1 is 0.885 bits per heavy atom. The molecule has 0 fully saturated rings. The highest BCUT2D eigenvalue weighted by molar-refractivity contribution is 5.93. The fourth-order valence-corrected chi connectivity index (χ4v) is 2.98. The zero-order chi connectivity index (χ0) is 19.3. The fourth-order valence-electron chi connectivity index (χ4n) is 2.98. The minimum atomic E-state index is -0.130. The summed E-state index contributed by atoms with van der Waals surface area (Å²) in [5, 5.41) is 3.09. The highest BCUT2D eigenvalue weighted by atomic mass is 16.5. The molecule has 2 rings (SSSR count). The van der Waals surface area contributed by atoms with Crippen molar-refractivity contribution >= 4 is 11.6 Å². The first kappa shape index (κ1) is 20.0. The van der Waals surface area contributed by atoms with Crippen LogP contribution in [-0.2, 0) is 4.79 Å². The molecule has 1 N–H and O–H groups in total. The molecule has 0 aliphatic rings. The molecule has 0 atom stereocenters. The standard InChI is InChI=1S/C23H31NO2/c1-15(2)18-9-7-10-19(13-18)26-14-22(25)24-23-20(16(3)4)11-8-12-21(23)17(5)6/h7-13,15-17H,14H2,1-6H3,(H,24,25). The van der Waals surface area contributed by atoms with Crippen LogP contribution >= 0.6 is 0 Å². The molecule has 0 radical (unpaired) electrons. The van der Waals surface area contributed by atoms with Gasteiger partial charge in [-0.25, -0.2) is 0 Å². The summed E-state index contributed by atoms with van der Waals surface area (Å²) < 4.78 is 5.72. The van der Waals surface area contributed by atoms with E-state index >= 15 is 0 Å². The Labute approximate surface area is 157 Å². The van der Waals surface area contributed by atoms with E-state index in [0.29, 0.717) is 17.8 Å². The van der Waals surface area contributed by atoms with Gasteiger partial charge in [-0.3, -0.25) is 4.79 Å². The number of para-hydroxylation sites is 1. The van der Waals surface area contributed by atoms with Crippen LogP contribution in [0.3, 0.4) is 0 Å². The van der Waals surface area contributed by atoms with Gasteiger partial charge in [-0.2, -0.15) is 0 Å². The molecule has 0 heterocycles. The van der Waals surface area contributed by atoms with Crippen molar-refractivity contribution < 1.29 is 9.53 Å². The van der Waals surface area contributed by atoms with Crippen molar-refractivity contribution in [3.8, 4) is 5.75 Å². The van der Waals surface area contributed by atoms with Gasteiger partial charge in [0.25, 0.3) is 5.91 Å². The minimum absolute atomic E-state index is 0.00547. The van der Waals surface area contributed by atoms with E-state index in [1.165, 1.54) is 5.56 Å². The summed E-state index contributed by atoms with van der Waals surface area (Å²) in [6, 6.07) is 14.2. The first-order chi connectivity index (χ1) is 12.3. The molecule has 0 spiro atoms. The van der Waals surface area contributed by atoms with Crippen LogP contribution in [0, 0.1) is 0 Å². The van der Waals surface area contributed by atoms with Crippen LogP contribution in [0.4, 0.5) is 5.69 Å². The largest absolute Gasteiger partial charge is 0.484 e. The van der Waals surface area contributed by atoms with Gasteiger partial charge in [0.15, 0.2) is 6.61 Å². The number of rotatable bonds is 7. The Hall–Kier alpha value is -2.29. The normalized spacial score (nSPS) is 11.3. The molecule has 2 aromatic carbocycles. The van der Waals surface area contributed by atoms with Crippen molar-refractivity contribution in [2.45, 2.75) is 59.3 Å². The summed E-state index contributed by atoms with van der Waals surface area (Å²) in [5.74, 6) is 1.71. The van der Waals surface area contributed by atoms with E-state index in [0.717, 1.165) is 22.6 Å². The zero-order valence-electron chi connectivity index (χ0n) is 16.8. The van der Waals surface area contributed by atoms with Crippen LogP contribution in [0.1, 0.15) is 76.0 Å². The third kappa shape index (κ3) is 5.10. The number of nitrogens with one attached hydrogen (secondary N) is 1. The maximum Gasteiger partial charge on any atom is 0.262 e. The molecule has 26 heavy (non-hydrogen) atoms. The Bertz CT molecular complexity index is 721. The summed E-state index contributed by atoms with van der Waals surface area (Å²) in [6.45, 7) is 12.9. The second kappa shape index (κ2) is 8.88. The van der Waals surface area contributed by atoms with Gasteiger partial charge in [0.2, 0.25) is 0 Å². The second-order valence-corrected chi connectivity index (χ2v) is 7.68. The number of carbonyl (C=O) groups excluding carboxylic acids is 1. The molecule has 140 valence electrons. The average molecular weight is 354 g/mol. The molecule has 2 aromatic rings. The summed E-state index contributed by atoms with van der Waals surface area (Å²) in [5.41, 5.74) is 4.45. The molecule has 3 heteroatoms. The SMILES string of the molecule is CC(C)c1cccc(OCC(=O)Nc2c(C(C)C)cccc2C(C)C)c1. The first-order valence-electron chi connectivity index (χ1n) is 9.45. The van der Waals surface area contributed by atoms with Crippen molar-refractivity contribution in [1.82, 2.24) is 0 Å². The van der Waals surface area contributed by atoms with E-state index < -0.39 is 0 Å². The molecule has 0 saturated heterocycles. The van der Waals surface area contributed by atoms with Gasteiger partial charge in [-0.15, -0.1) is 0 Å². The summed E-state index contributed by atoms with van der Waals surface area (Å²) in [6.07, 6.45) is 0. The smallest absolute Gasteiger partial charge is 0.262 e. The van der Waals surface area contributed by atoms with Crippen molar-refractivity contribution in [1.29, 1.82) is 0 Å². The maximum absolute atomic E-state index is 12.5. The fraction of sp³-hybridized carbons (Fsp3) is 0.435. The van der Waals surface area contributed by atoms with E-state index in [1.54, 1.807) is 0 Å². The predicted octanol–water partition coefficient (Wildman–Crippen LogP) is 6.07. The van der Waals surface area contributed by atoms with Gasteiger partial charge in [0.05, 0.1) is 0 Å². The van der Waals surface area contributed by atoms with E-state index in [2.05, 4.69) is 71.1 Å². The third-order valence-electron chi connectivity index (χ3n) is 4.53. The van der Waals surface area contributed by atoms with Crippen molar-refractivity contribution in [2.24, 2.45) is 0 Å². The van der Waals surface area contributed by atoms with Crippen LogP contribution in [0.15, 0.2) is 42.5 Å². The maximum atomic E-state index is 12.5. The highest BCUT2D eigenvalue weighted by Gasteiger charge is 2.16. The monoisotopic (exact) mass is 353 g/mol. The lowest BCUT2D eigenvalue weighted by atomic mass is 9.92. The number of amides is 1. The number of hydrogen-bond acceptors (Lipinski definition) is 2. The zero-order valence-corrected chi connectivity index (χ0v) is 16.8. The quantitative estimate of drug-likeness (QED) is 0.655. The Balaban J connectivity index is 2.12. The molecule has 0 unspecified atom stereocenters. The van der Waals surface area contributed by atoms with Crippen molar-refractivity contribution in [3.63, 3.8) is 0 Å². The predicted molar refractivity (Wildman–Crippen MR) is 109 cm³/mol. The van der Waals surface area contributed by atoms with Crippen LogP contribution in [-0.4, -0.2) is 12.5 Å². The van der Waals surface area contributed by atoms with Gasteiger partial charge in [-0.05, 0) is 46.6 Å². The summed E-state index contributed by atoms with van der Waals surface area (Å²) >= 11 is 0. The lowest BCUT2D eigenvalue weighted by Gasteiger charge is -2.20. The topological polar surface area (TPSA) is 38.3 Å². The van der Waals surface area contributed by atoms with Crippen molar-refractivity contribution in [3.05, 3.63) is 59.2 Å². The first-order valence-corrected chi connectivity index (χ1v) is 9.45. The highest BCUT2D eigenvalue weighted by Crippen LogP contribution is 2.32. The minimum Gasteiger partial charge on any atom is -0.484 e. The number of carbonyl (C=O) groups is 1. The average Bonchev–Trinajstić information content (AvgIpc) is 2.60. The summed E-state index contributed by atoms with van der Waals surface area (Å²) in [4.78, 5) is 12.5. The summed E-state index contributed by atoms with van der Waals surface area (Å²) in [7, 11) is 0. The van der Waals surface area contributed by atoms with Crippen LogP contribution in [0.5, 0.6) is 5.75 Å². The molecule has 0 aliphatic carbocycles.